The Balaban J connectivity index is 0.000000192. The molecule has 4 aromatic heterocycles. The normalized spacial score (nSPS) is 16.7. The van der Waals surface area contributed by atoms with Gasteiger partial charge in [0.1, 0.15) is 0 Å². The summed E-state index contributed by atoms with van der Waals surface area (Å²) in [7, 11) is 7.92. The number of hydrogen-bond acceptors (Lipinski definition) is 13. The van der Waals surface area contributed by atoms with Crippen LogP contribution in [0.4, 0.5) is 23.3 Å². The lowest BCUT2D eigenvalue weighted by atomic mass is 9.91. The van der Waals surface area contributed by atoms with Gasteiger partial charge in [0.25, 0.3) is 11.8 Å². The summed E-state index contributed by atoms with van der Waals surface area (Å²) in [5, 5.41) is 19.0. The lowest BCUT2D eigenvalue weighted by molar-refractivity contribution is -0.116. The van der Waals surface area contributed by atoms with Gasteiger partial charge in [0, 0.05) is 105 Å². The predicted molar refractivity (Wildman–Crippen MR) is 335 cm³/mol. The Bertz CT molecular complexity index is 3440. The summed E-state index contributed by atoms with van der Waals surface area (Å²) in [6, 6.07) is 30.5. The van der Waals surface area contributed by atoms with Crippen molar-refractivity contribution in [3.05, 3.63) is 143 Å². The van der Waals surface area contributed by atoms with Crippen LogP contribution in [-0.2, 0) is 9.59 Å². The molecule has 9 N–H and O–H groups in total. The van der Waals surface area contributed by atoms with Gasteiger partial charge in [-0.05, 0) is 178 Å². The summed E-state index contributed by atoms with van der Waals surface area (Å²) in [6.07, 6.45) is 17.1. The number of nitrogen functional groups attached to an aromatic ring is 1. The number of fused-ring (bicyclic) bond motifs is 2. The number of aromatic amines is 2. The Labute approximate surface area is 499 Å². The van der Waals surface area contributed by atoms with Crippen LogP contribution in [0.2, 0.25) is 10.0 Å². The number of nitrogens with two attached hydrogens (primary N) is 1. The highest BCUT2D eigenvalue weighted by molar-refractivity contribution is 6.63. The van der Waals surface area contributed by atoms with Crippen LogP contribution >= 0.6 is 34.8 Å². The van der Waals surface area contributed by atoms with E-state index in [0.717, 1.165) is 110 Å². The molecule has 83 heavy (non-hydrogen) atoms. The van der Waals surface area contributed by atoms with Gasteiger partial charge < -0.3 is 52.1 Å². The fourth-order valence-corrected chi connectivity index (χ4v) is 10.8. The van der Waals surface area contributed by atoms with Gasteiger partial charge in [-0.1, -0.05) is 59.6 Å². The highest BCUT2D eigenvalue weighted by Crippen LogP contribution is 2.35. The van der Waals surface area contributed by atoms with Crippen LogP contribution in [-0.4, -0.2) is 128 Å². The van der Waals surface area contributed by atoms with Gasteiger partial charge in [-0.2, -0.15) is 0 Å². The topological polar surface area (TPSA) is 244 Å². The first-order valence-corrected chi connectivity index (χ1v) is 29.2. The molecule has 0 radical (unpaired) electrons. The van der Waals surface area contributed by atoms with E-state index in [0.29, 0.717) is 68.7 Å². The second-order valence-corrected chi connectivity index (χ2v) is 22.8. The van der Waals surface area contributed by atoms with Crippen LogP contribution in [0.15, 0.2) is 122 Å². The number of hydrogen-bond donors (Lipinski definition) is 8. The average Bonchev–Trinajstić information content (AvgIpc) is 4.31. The van der Waals surface area contributed by atoms with Gasteiger partial charge in [-0.3, -0.25) is 19.2 Å². The fourth-order valence-electron chi connectivity index (χ4n) is 10.2. The number of H-pyrrole nitrogens is 2. The molecule has 4 atom stereocenters. The molecule has 2 saturated carbocycles. The lowest BCUT2D eigenvalue weighted by Gasteiger charge is -2.30. The zero-order valence-electron chi connectivity index (χ0n) is 47.3. The van der Waals surface area contributed by atoms with Crippen molar-refractivity contribution in [3.8, 4) is 22.5 Å². The van der Waals surface area contributed by atoms with E-state index in [2.05, 4.69) is 51.4 Å². The van der Waals surface area contributed by atoms with Crippen LogP contribution in [0.3, 0.4) is 0 Å². The number of benzene rings is 4. The first-order valence-electron chi connectivity index (χ1n) is 28.1. The number of aromatic nitrogens is 6. The van der Waals surface area contributed by atoms with Crippen LogP contribution in [0.1, 0.15) is 97.8 Å². The Kier molecular flexibility index (Phi) is 22.3. The molecule has 4 heterocycles. The lowest BCUT2D eigenvalue weighted by Crippen LogP contribution is -2.42. The molecule has 21 heteroatoms. The second kappa shape index (κ2) is 30.1. The molecule has 10 rings (SSSR count). The third-order valence-electron chi connectivity index (χ3n) is 14.5. The van der Waals surface area contributed by atoms with Gasteiger partial charge in [0.15, 0.2) is 0 Å². The van der Waals surface area contributed by atoms with Crippen molar-refractivity contribution in [2.24, 2.45) is 0 Å². The predicted octanol–water partition coefficient (Wildman–Crippen LogP) is 11.8. The highest BCUT2D eigenvalue weighted by atomic mass is 35.5. The van der Waals surface area contributed by atoms with E-state index in [1.165, 1.54) is 0 Å². The molecule has 0 bridgehead atoms. The fraction of sp³-hybridized carbons (Fsp3) is 0.355. The largest absolute Gasteiger partial charge is 0.399 e. The number of nitrogens with one attached hydrogen (secondary N) is 7. The van der Waals surface area contributed by atoms with Crippen molar-refractivity contribution < 1.29 is 19.2 Å². The summed E-state index contributed by atoms with van der Waals surface area (Å²) >= 11 is 18.1. The molecule has 0 unspecified atom stereocenters. The van der Waals surface area contributed by atoms with E-state index in [9.17, 15) is 19.2 Å². The molecule has 2 aliphatic carbocycles. The molecule has 18 nitrogen and oxygen atoms in total. The van der Waals surface area contributed by atoms with E-state index < -0.39 is 0 Å². The molecule has 8 aromatic rings. The molecule has 436 valence electrons. The SMILES string of the molecule is CN(C)CCCC(=O)Cl.CN(C)CCCC(=O)Nc1ccc(C(=O)N[C@H]2CCC[C@@H](Nc3ncc(Cl)c(-c4c[nH]c5ccccc45)n3)C2)cc1.Nc1ccc(C(=O)N[C@H]2CCC[C@@H](Nc3ncc(Cl)c(-c4c[nH]c5ccccc45)n3)C2)cc1. The maximum atomic E-state index is 13.0. The summed E-state index contributed by atoms with van der Waals surface area (Å²) in [5.41, 5.74) is 13.5. The Hall–Kier alpha value is -7.61. The maximum absolute atomic E-state index is 13.0. The Morgan fingerprint density at radius 2 is 1.02 bits per heavy atom. The van der Waals surface area contributed by atoms with E-state index in [1.807, 2.05) is 94.0 Å². The zero-order valence-corrected chi connectivity index (χ0v) is 49.6. The monoisotopic (exact) mass is 1180 g/mol. The average molecular weight is 1180 g/mol. The van der Waals surface area contributed by atoms with Crippen molar-refractivity contribution >= 4 is 103 Å². The van der Waals surface area contributed by atoms with Gasteiger partial charge >= 0.3 is 0 Å². The van der Waals surface area contributed by atoms with Gasteiger partial charge in [-0.25, -0.2) is 19.9 Å². The van der Waals surface area contributed by atoms with E-state index in [1.54, 1.807) is 60.9 Å². The van der Waals surface area contributed by atoms with Crippen molar-refractivity contribution in [3.63, 3.8) is 0 Å². The summed E-state index contributed by atoms with van der Waals surface area (Å²) in [5.74, 6) is 0.832. The standard InChI is InChI=1S/C31H36ClN7O2.C25H25ClN6O.C6H12ClNO/c1-39(2)16-6-11-28(40)35-21-14-12-20(13-15-21)30(41)36-22-7-5-8-23(17-22)37-31-34-19-26(32)29(38-31)25-18-33-27-10-4-3-9-24(25)27;26-21-14-29-25(32-23(21)20-13-28-22-7-2-1-6-19(20)22)31-18-5-3-4-17(12-18)30-24(33)15-8-10-16(27)11-9-15;1-8(2)5-3-4-6(7)9/h3-4,9-10,12-15,18-19,22-23,33H,5-8,11,16-17H2,1-2H3,(H,35,40)(H,36,41)(H,34,37,38);1-2,6-11,13-14,17-18,28H,3-5,12,27H2,(H,30,33)(H,29,31,32);3-5H2,1-2H3/t22-,23+;17-,18+;/m00./s1. The number of amides is 3. The number of carbonyl (C=O) groups excluding carboxylic acids is 4. The molecule has 4 aromatic carbocycles. The third kappa shape index (κ3) is 18.2. The van der Waals surface area contributed by atoms with E-state index in [4.69, 9.17) is 50.5 Å². The number of anilines is 4. The molecule has 2 aliphatic rings. The molecule has 2 fully saturated rings. The summed E-state index contributed by atoms with van der Waals surface area (Å²) in [4.78, 5) is 76.8. The minimum Gasteiger partial charge on any atom is -0.399 e. The Morgan fingerprint density at radius 1 is 0.590 bits per heavy atom. The van der Waals surface area contributed by atoms with Gasteiger partial charge in [0.05, 0.1) is 33.8 Å². The minimum absolute atomic E-state index is 0.0250. The molecule has 0 saturated heterocycles. The third-order valence-corrected chi connectivity index (χ3v) is 15.2. The number of carbonyl (C=O) groups is 4. The molecule has 0 aliphatic heterocycles. The van der Waals surface area contributed by atoms with Crippen LogP contribution in [0.25, 0.3) is 44.3 Å². The number of rotatable bonds is 19. The van der Waals surface area contributed by atoms with Crippen LogP contribution in [0.5, 0.6) is 0 Å². The van der Waals surface area contributed by atoms with Crippen LogP contribution < -0.4 is 32.3 Å². The van der Waals surface area contributed by atoms with Crippen molar-refractivity contribution in [1.29, 1.82) is 0 Å². The number of halogens is 3. The number of para-hydroxylation sites is 2. The molecule has 3 amide bonds. The smallest absolute Gasteiger partial charge is 0.251 e. The summed E-state index contributed by atoms with van der Waals surface area (Å²) in [6.45, 7) is 1.79. The first-order chi connectivity index (χ1) is 40.0. The Morgan fingerprint density at radius 3 is 1.48 bits per heavy atom. The van der Waals surface area contributed by atoms with Gasteiger partial charge in [-0.15, -0.1) is 0 Å². The van der Waals surface area contributed by atoms with Gasteiger partial charge in [0.2, 0.25) is 23.0 Å². The van der Waals surface area contributed by atoms with Crippen molar-refractivity contribution in [1.82, 2.24) is 50.3 Å². The first kappa shape index (κ1) is 61.5. The second-order valence-electron chi connectivity index (χ2n) is 21.5. The van der Waals surface area contributed by atoms with E-state index >= 15 is 0 Å². The molecular weight excluding hydrogens is 1110 g/mol. The molecule has 0 spiro atoms. The molecular formula is C62H73Cl3N14O4. The zero-order chi connectivity index (χ0) is 58.8. The maximum Gasteiger partial charge on any atom is 0.251 e. The van der Waals surface area contributed by atoms with E-state index in [-0.39, 0.29) is 47.1 Å². The van der Waals surface area contributed by atoms with Crippen molar-refractivity contribution in [2.45, 2.75) is 101 Å². The number of nitrogens with zero attached hydrogens (tertiary/aromatic N) is 6. The summed E-state index contributed by atoms with van der Waals surface area (Å²) < 4.78 is 0. The highest BCUT2D eigenvalue weighted by Gasteiger charge is 2.27. The minimum atomic E-state index is -0.239. The quantitative estimate of drug-likeness (QED) is 0.0278. The van der Waals surface area contributed by atoms with Crippen molar-refractivity contribution in [2.75, 3.05) is 63.0 Å². The van der Waals surface area contributed by atoms with Crippen LogP contribution in [0, 0.1) is 0 Å².